The van der Waals surface area contributed by atoms with Crippen molar-refractivity contribution in [3.05, 3.63) is 24.0 Å². The van der Waals surface area contributed by atoms with Crippen molar-refractivity contribution < 1.29 is 17.9 Å². The number of imidazole rings is 1. The van der Waals surface area contributed by atoms with Crippen molar-refractivity contribution in [2.24, 2.45) is 0 Å². The van der Waals surface area contributed by atoms with E-state index in [4.69, 9.17) is 9.47 Å². The number of benzene rings is 1. The molecule has 0 spiro atoms. The summed E-state index contributed by atoms with van der Waals surface area (Å²) < 4.78 is 34.0. The number of fused-ring (bicyclic) bond motifs is 1. The van der Waals surface area contributed by atoms with Gasteiger partial charge in [-0.25, -0.2) is 13.4 Å². The second kappa shape index (κ2) is 5.90. The van der Waals surface area contributed by atoms with Crippen LogP contribution in [-0.2, 0) is 19.3 Å². The van der Waals surface area contributed by atoms with E-state index >= 15 is 0 Å². The van der Waals surface area contributed by atoms with E-state index in [2.05, 4.69) is 9.97 Å². The lowest BCUT2D eigenvalue weighted by Gasteiger charge is -2.13. The molecule has 0 saturated heterocycles. The van der Waals surface area contributed by atoms with Crippen LogP contribution in [0.4, 0.5) is 0 Å². The Morgan fingerprint density at radius 3 is 2.45 bits per heavy atom. The average molecular weight is 298 g/mol. The van der Waals surface area contributed by atoms with Gasteiger partial charge in [0.25, 0.3) is 0 Å². The molecule has 1 aromatic heterocycles. The molecule has 110 valence electrons. The predicted molar refractivity (Wildman–Crippen MR) is 75.2 cm³/mol. The number of nitrogens with zero attached hydrogens (tertiary/aromatic N) is 1. The molecule has 0 aliphatic heterocycles. The normalized spacial score (nSPS) is 12.4. The smallest absolute Gasteiger partial charge is 0.217 e. The van der Waals surface area contributed by atoms with Crippen molar-refractivity contribution in [2.75, 3.05) is 19.5 Å². The van der Waals surface area contributed by atoms with Crippen LogP contribution in [0.2, 0.25) is 0 Å². The molecule has 0 amide bonds. The summed E-state index contributed by atoms with van der Waals surface area (Å²) in [5.74, 6) is 0.536. The SMILES string of the molecule is CCOC(OCC)c1nc2ccc(S(C)(=O)=O)cc2[nH]1. The number of aromatic nitrogens is 2. The molecule has 1 aromatic carbocycles. The number of sulfone groups is 1. The van der Waals surface area contributed by atoms with Crippen molar-refractivity contribution >= 4 is 20.9 Å². The molecule has 0 saturated carbocycles. The van der Waals surface area contributed by atoms with Gasteiger partial charge in [-0.15, -0.1) is 0 Å². The Hall–Kier alpha value is -1.44. The molecule has 6 nitrogen and oxygen atoms in total. The Balaban J connectivity index is 2.42. The van der Waals surface area contributed by atoms with Gasteiger partial charge in [-0.3, -0.25) is 0 Å². The lowest BCUT2D eigenvalue weighted by molar-refractivity contribution is -0.144. The maximum absolute atomic E-state index is 11.5. The molecule has 2 aromatic rings. The Bertz CT molecular complexity index is 687. The van der Waals surface area contributed by atoms with E-state index in [-0.39, 0.29) is 4.90 Å². The first-order valence-corrected chi connectivity index (χ1v) is 8.27. The molecule has 0 aliphatic rings. The van der Waals surface area contributed by atoms with Gasteiger partial charge < -0.3 is 14.5 Å². The number of rotatable bonds is 6. The van der Waals surface area contributed by atoms with E-state index in [1.807, 2.05) is 13.8 Å². The first-order chi connectivity index (χ1) is 9.45. The highest BCUT2D eigenvalue weighted by molar-refractivity contribution is 7.90. The second-order valence-corrected chi connectivity index (χ2v) is 6.33. The number of hydrogen-bond donors (Lipinski definition) is 1. The van der Waals surface area contributed by atoms with E-state index in [1.54, 1.807) is 18.2 Å². The third-order valence-corrected chi connectivity index (χ3v) is 3.87. The van der Waals surface area contributed by atoms with E-state index in [9.17, 15) is 8.42 Å². The highest BCUT2D eigenvalue weighted by atomic mass is 32.2. The van der Waals surface area contributed by atoms with Crippen molar-refractivity contribution in [3.63, 3.8) is 0 Å². The average Bonchev–Trinajstić information content (AvgIpc) is 2.80. The summed E-state index contributed by atoms with van der Waals surface area (Å²) in [6, 6.07) is 4.77. The minimum absolute atomic E-state index is 0.254. The number of ether oxygens (including phenoxy) is 2. The number of hydrogen-bond acceptors (Lipinski definition) is 5. The van der Waals surface area contributed by atoms with Crippen molar-refractivity contribution in [2.45, 2.75) is 25.0 Å². The van der Waals surface area contributed by atoms with E-state index < -0.39 is 16.1 Å². The van der Waals surface area contributed by atoms with Crippen LogP contribution in [0.5, 0.6) is 0 Å². The summed E-state index contributed by atoms with van der Waals surface area (Å²) in [5, 5.41) is 0. The quantitative estimate of drug-likeness (QED) is 0.825. The van der Waals surface area contributed by atoms with Gasteiger partial charge in [-0.2, -0.15) is 0 Å². The van der Waals surface area contributed by atoms with Crippen LogP contribution in [0.15, 0.2) is 23.1 Å². The van der Waals surface area contributed by atoms with Gasteiger partial charge in [0, 0.05) is 19.5 Å². The van der Waals surface area contributed by atoms with Crippen LogP contribution in [0, 0.1) is 0 Å². The topological polar surface area (TPSA) is 81.3 Å². The maximum Gasteiger partial charge on any atom is 0.217 e. The predicted octanol–water partition coefficient (Wildman–Crippen LogP) is 2.04. The van der Waals surface area contributed by atoms with Crippen LogP contribution in [0.25, 0.3) is 11.0 Å². The first-order valence-electron chi connectivity index (χ1n) is 6.38. The Labute approximate surface area is 118 Å². The van der Waals surface area contributed by atoms with Crippen LogP contribution in [0.3, 0.4) is 0 Å². The van der Waals surface area contributed by atoms with Gasteiger partial charge in [0.05, 0.1) is 15.9 Å². The number of nitrogens with one attached hydrogen (secondary N) is 1. The van der Waals surface area contributed by atoms with E-state index in [0.717, 1.165) is 0 Å². The number of H-pyrrole nitrogens is 1. The number of aromatic amines is 1. The maximum atomic E-state index is 11.5. The van der Waals surface area contributed by atoms with Gasteiger partial charge in [0.1, 0.15) is 0 Å². The molecule has 0 unspecified atom stereocenters. The molecule has 0 fully saturated rings. The summed E-state index contributed by atoms with van der Waals surface area (Å²) in [7, 11) is -3.24. The molecule has 0 radical (unpaired) electrons. The molecule has 1 N–H and O–H groups in total. The Morgan fingerprint density at radius 2 is 1.90 bits per heavy atom. The van der Waals surface area contributed by atoms with Crippen LogP contribution in [0.1, 0.15) is 26.0 Å². The summed E-state index contributed by atoms with van der Waals surface area (Å²) in [5.41, 5.74) is 1.32. The molecule has 1 heterocycles. The summed E-state index contributed by atoms with van der Waals surface area (Å²) in [4.78, 5) is 7.68. The van der Waals surface area contributed by atoms with Gasteiger partial charge in [0.15, 0.2) is 15.7 Å². The minimum Gasteiger partial charge on any atom is -0.346 e. The lowest BCUT2D eigenvalue weighted by atomic mass is 10.3. The molecular weight excluding hydrogens is 280 g/mol. The molecule has 2 rings (SSSR count). The Morgan fingerprint density at radius 1 is 1.25 bits per heavy atom. The minimum atomic E-state index is -3.24. The van der Waals surface area contributed by atoms with Crippen LogP contribution < -0.4 is 0 Å². The zero-order valence-corrected chi connectivity index (χ0v) is 12.5. The highest BCUT2D eigenvalue weighted by Gasteiger charge is 2.17. The Kier molecular flexibility index (Phi) is 4.42. The molecule has 0 aliphatic carbocycles. The molecular formula is C13H18N2O4S. The zero-order valence-electron chi connectivity index (χ0n) is 11.7. The second-order valence-electron chi connectivity index (χ2n) is 4.32. The van der Waals surface area contributed by atoms with Gasteiger partial charge >= 0.3 is 0 Å². The van der Waals surface area contributed by atoms with Gasteiger partial charge in [-0.1, -0.05) is 0 Å². The summed E-state index contributed by atoms with van der Waals surface area (Å²) >= 11 is 0. The monoisotopic (exact) mass is 298 g/mol. The molecule has 20 heavy (non-hydrogen) atoms. The van der Waals surface area contributed by atoms with Crippen molar-refractivity contribution in [1.29, 1.82) is 0 Å². The fourth-order valence-electron chi connectivity index (χ4n) is 1.86. The lowest BCUT2D eigenvalue weighted by Crippen LogP contribution is -2.10. The molecule has 0 bridgehead atoms. The fraction of sp³-hybridized carbons (Fsp3) is 0.462. The standard InChI is InChI=1S/C13H18N2O4S/c1-4-18-13(19-5-2)12-14-10-7-6-9(20(3,16)17)8-11(10)15-12/h6-8,13H,4-5H2,1-3H3,(H,14,15). The van der Waals surface area contributed by atoms with E-state index in [1.165, 1.54) is 6.26 Å². The van der Waals surface area contributed by atoms with E-state index in [0.29, 0.717) is 30.1 Å². The summed E-state index contributed by atoms with van der Waals surface area (Å²) in [6.07, 6.45) is 0.605. The largest absolute Gasteiger partial charge is 0.346 e. The first kappa shape index (κ1) is 15.0. The highest BCUT2D eigenvalue weighted by Crippen LogP contribution is 2.22. The summed E-state index contributed by atoms with van der Waals surface area (Å²) in [6.45, 7) is 4.74. The van der Waals surface area contributed by atoms with Gasteiger partial charge in [-0.05, 0) is 32.0 Å². The third-order valence-electron chi connectivity index (χ3n) is 2.76. The van der Waals surface area contributed by atoms with Crippen molar-refractivity contribution in [1.82, 2.24) is 9.97 Å². The van der Waals surface area contributed by atoms with Crippen LogP contribution in [-0.4, -0.2) is 37.9 Å². The van der Waals surface area contributed by atoms with Crippen molar-refractivity contribution in [3.8, 4) is 0 Å². The van der Waals surface area contributed by atoms with Crippen LogP contribution >= 0.6 is 0 Å². The molecule has 0 atom stereocenters. The third kappa shape index (κ3) is 3.17. The fourth-order valence-corrected chi connectivity index (χ4v) is 2.51. The molecule has 7 heteroatoms. The van der Waals surface area contributed by atoms with Gasteiger partial charge in [0.2, 0.25) is 6.29 Å². The zero-order chi connectivity index (χ0) is 14.8.